The number of nitrogens with one attached hydrogen (secondary N) is 2. The molecule has 0 saturated heterocycles. The SMILES string of the molecule is Cc1c(-c2cc3cc(NC(=O)O[C@H]4C[C@H](C#N)C4)ncc3c(NC(=O)OC(C)(C)C)c2F)cnc2c1N(C(=O)OC(C)(C)C)CCO2. The Labute approximate surface area is 271 Å². The summed E-state index contributed by atoms with van der Waals surface area (Å²) in [7, 11) is 0. The molecule has 3 amide bonds. The van der Waals surface area contributed by atoms with Gasteiger partial charge in [-0.15, -0.1) is 0 Å². The zero-order valence-electron chi connectivity index (χ0n) is 27.3. The minimum absolute atomic E-state index is 0.0443. The molecule has 47 heavy (non-hydrogen) atoms. The van der Waals surface area contributed by atoms with Gasteiger partial charge in [0.15, 0.2) is 5.82 Å². The Morgan fingerprint density at radius 1 is 1.00 bits per heavy atom. The number of fused-ring (bicyclic) bond motifs is 2. The highest BCUT2D eigenvalue weighted by molar-refractivity contribution is 6.05. The lowest BCUT2D eigenvalue weighted by atomic mass is 9.84. The summed E-state index contributed by atoms with van der Waals surface area (Å²) in [6.07, 6.45) is 1.06. The fraction of sp³-hybridized carbons (Fsp3) is 0.455. The average Bonchev–Trinajstić information content (AvgIpc) is 2.94. The van der Waals surface area contributed by atoms with Crippen LogP contribution in [0, 0.1) is 30.0 Å². The Bertz CT molecular complexity index is 1790. The van der Waals surface area contributed by atoms with Crippen molar-refractivity contribution in [3.8, 4) is 23.1 Å². The smallest absolute Gasteiger partial charge is 0.415 e. The van der Waals surface area contributed by atoms with E-state index in [9.17, 15) is 14.4 Å². The van der Waals surface area contributed by atoms with Gasteiger partial charge in [-0.1, -0.05) is 0 Å². The summed E-state index contributed by atoms with van der Waals surface area (Å²) in [5.74, 6) is -0.629. The number of hydrogen-bond donors (Lipinski definition) is 2. The summed E-state index contributed by atoms with van der Waals surface area (Å²) in [6, 6.07) is 5.18. The van der Waals surface area contributed by atoms with E-state index in [0.29, 0.717) is 35.0 Å². The summed E-state index contributed by atoms with van der Waals surface area (Å²) in [5.41, 5.74) is -0.651. The summed E-state index contributed by atoms with van der Waals surface area (Å²) >= 11 is 0. The monoisotopic (exact) mass is 648 g/mol. The second-order valence-electron chi connectivity index (χ2n) is 13.4. The van der Waals surface area contributed by atoms with Crippen LogP contribution in [0.4, 0.5) is 36.0 Å². The number of hydrogen-bond acceptors (Lipinski definition) is 10. The van der Waals surface area contributed by atoms with Crippen LogP contribution in [0.5, 0.6) is 5.88 Å². The molecule has 3 heterocycles. The topological polar surface area (TPSA) is 165 Å². The first-order chi connectivity index (χ1) is 22.0. The molecule has 1 aromatic carbocycles. The van der Waals surface area contributed by atoms with E-state index in [-0.39, 0.29) is 53.5 Å². The van der Waals surface area contributed by atoms with E-state index < -0.39 is 35.3 Å². The Balaban J connectivity index is 1.57. The van der Waals surface area contributed by atoms with Gasteiger partial charge in [-0.05, 0) is 71.5 Å². The molecule has 13 nitrogen and oxygen atoms in total. The first-order valence-corrected chi connectivity index (χ1v) is 15.2. The van der Waals surface area contributed by atoms with E-state index in [4.69, 9.17) is 24.2 Å². The third kappa shape index (κ3) is 7.45. The highest BCUT2D eigenvalue weighted by Gasteiger charge is 2.34. The quantitative estimate of drug-likeness (QED) is 0.279. The standard InChI is InChI=1S/C33H37FN6O7/c1-17-22(15-37-28-27(17)40(8-9-44-28)31(43)47-33(5,6)7)21-12-19-13-24(38-29(41)45-20-10-18(11-20)14-35)36-16-23(19)26(25(21)34)39-30(42)46-32(2,3)4/h12-13,15-16,18,20H,8-11H2,1-7H3,(H,39,42)(H,36,38,41)/t18-,20-. The van der Waals surface area contributed by atoms with Gasteiger partial charge < -0.3 is 18.9 Å². The molecule has 1 aliphatic carbocycles. The van der Waals surface area contributed by atoms with Gasteiger partial charge in [-0.3, -0.25) is 15.5 Å². The number of carbonyl (C=O) groups excluding carboxylic acids is 3. The van der Waals surface area contributed by atoms with Crippen molar-refractivity contribution in [3.63, 3.8) is 0 Å². The number of rotatable bonds is 4. The molecule has 14 heteroatoms. The van der Waals surface area contributed by atoms with Crippen molar-refractivity contribution in [2.24, 2.45) is 5.92 Å². The van der Waals surface area contributed by atoms with Crippen LogP contribution in [0.3, 0.4) is 0 Å². The van der Waals surface area contributed by atoms with Gasteiger partial charge in [0.1, 0.15) is 35.4 Å². The molecule has 0 atom stereocenters. The van der Waals surface area contributed by atoms with E-state index in [1.807, 2.05) is 0 Å². The molecule has 3 aromatic rings. The molecule has 5 rings (SSSR count). The molecule has 1 aliphatic heterocycles. The number of pyridine rings is 2. The normalized spacial score (nSPS) is 17.4. The van der Waals surface area contributed by atoms with Crippen molar-refractivity contribution in [3.05, 3.63) is 35.9 Å². The zero-order valence-corrected chi connectivity index (χ0v) is 27.3. The van der Waals surface area contributed by atoms with Crippen molar-refractivity contribution in [2.45, 2.75) is 78.6 Å². The van der Waals surface area contributed by atoms with Crippen LogP contribution in [-0.2, 0) is 14.2 Å². The lowest BCUT2D eigenvalue weighted by molar-refractivity contribution is 0.0417. The number of nitrogens with zero attached hydrogens (tertiary/aromatic N) is 4. The molecular formula is C33H37FN6O7. The number of ether oxygens (including phenoxy) is 4. The molecule has 2 aliphatic rings. The maximum atomic E-state index is 16.6. The minimum atomic E-state index is -0.887. The van der Waals surface area contributed by atoms with Gasteiger partial charge in [0.05, 0.1) is 24.2 Å². The predicted octanol–water partition coefficient (Wildman–Crippen LogP) is 7.08. The second-order valence-corrected chi connectivity index (χ2v) is 13.4. The van der Waals surface area contributed by atoms with Crippen LogP contribution in [0.1, 0.15) is 59.9 Å². The third-order valence-electron chi connectivity index (χ3n) is 7.37. The van der Waals surface area contributed by atoms with E-state index in [1.165, 1.54) is 29.4 Å². The molecule has 0 unspecified atom stereocenters. The lowest BCUT2D eigenvalue weighted by Crippen LogP contribution is -2.42. The highest BCUT2D eigenvalue weighted by atomic mass is 19.1. The van der Waals surface area contributed by atoms with E-state index in [0.717, 1.165) is 0 Å². The molecule has 248 valence electrons. The molecule has 0 spiro atoms. The zero-order chi connectivity index (χ0) is 34.3. The van der Waals surface area contributed by atoms with Crippen molar-refractivity contribution in [2.75, 3.05) is 28.7 Å². The van der Waals surface area contributed by atoms with Crippen molar-refractivity contribution >= 4 is 46.2 Å². The maximum absolute atomic E-state index is 16.6. The first kappa shape index (κ1) is 33.2. The highest BCUT2D eigenvalue weighted by Crippen LogP contribution is 2.42. The molecular weight excluding hydrogens is 611 g/mol. The van der Waals surface area contributed by atoms with Gasteiger partial charge in [-0.2, -0.15) is 5.26 Å². The number of amides is 3. The van der Waals surface area contributed by atoms with Crippen LogP contribution < -0.4 is 20.3 Å². The van der Waals surface area contributed by atoms with Crippen molar-refractivity contribution in [1.29, 1.82) is 5.26 Å². The van der Waals surface area contributed by atoms with Crippen molar-refractivity contribution in [1.82, 2.24) is 9.97 Å². The number of aromatic nitrogens is 2. The Hall–Kier alpha value is -5.19. The number of benzene rings is 1. The molecule has 2 N–H and O–H groups in total. The van der Waals surface area contributed by atoms with Gasteiger partial charge in [-0.25, -0.2) is 28.7 Å². The van der Waals surface area contributed by atoms with Crippen LogP contribution in [0.15, 0.2) is 24.5 Å². The Kier molecular flexibility index (Phi) is 8.85. The number of halogens is 1. The Morgan fingerprint density at radius 2 is 1.70 bits per heavy atom. The molecule has 0 bridgehead atoms. The number of nitriles is 1. The van der Waals surface area contributed by atoms with Crippen LogP contribution in [0.25, 0.3) is 21.9 Å². The molecule has 2 aromatic heterocycles. The summed E-state index contributed by atoms with van der Waals surface area (Å²) in [4.78, 5) is 48.6. The number of anilines is 3. The first-order valence-electron chi connectivity index (χ1n) is 15.2. The van der Waals surface area contributed by atoms with E-state index in [2.05, 4.69) is 26.7 Å². The maximum Gasteiger partial charge on any atom is 0.415 e. The fourth-order valence-electron chi connectivity index (χ4n) is 5.23. The summed E-state index contributed by atoms with van der Waals surface area (Å²) in [6.45, 7) is 12.4. The molecule has 1 saturated carbocycles. The van der Waals surface area contributed by atoms with E-state index >= 15 is 4.39 Å². The van der Waals surface area contributed by atoms with Crippen LogP contribution >= 0.6 is 0 Å². The summed E-state index contributed by atoms with van der Waals surface area (Å²) < 4.78 is 38.7. The average molecular weight is 649 g/mol. The van der Waals surface area contributed by atoms with Gasteiger partial charge in [0, 0.05) is 41.7 Å². The van der Waals surface area contributed by atoms with Gasteiger partial charge in [0.25, 0.3) is 0 Å². The number of carbonyl (C=O) groups is 3. The largest absolute Gasteiger partial charge is 0.474 e. The van der Waals surface area contributed by atoms with Crippen LogP contribution in [-0.4, -0.2) is 58.7 Å². The van der Waals surface area contributed by atoms with Gasteiger partial charge in [0.2, 0.25) is 5.88 Å². The lowest BCUT2D eigenvalue weighted by Gasteiger charge is -2.32. The Morgan fingerprint density at radius 3 is 2.36 bits per heavy atom. The summed E-state index contributed by atoms with van der Waals surface area (Å²) in [5, 5.41) is 14.7. The van der Waals surface area contributed by atoms with Crippen LogP contribution in [0.2, 0.25) is 0 Å². The second kappa shape index (κ2) is 12.5. The minimum Gasteiger partial charge on any atom is -0.474 e. The molecule has 1 fully saturated rings. The predicted molar refractivity (Wildman–Crippen MR) is 171 cm³/mol. The molecule has 0 radical (unpaired) electrons. The van der Waals surface area contributed by atoms with Gasteiger partial charge >= 0.3 is 18.3 Å². The fourth-order valence-corrected chi connectivity index (χ4v) is 5.23. The van der Waals surface area contributed by atoms with Crippen molar-refractivity contribution < 1.29 is 37.7 Å². The van der Waals surface area contributed by atoms with E-state index in [1.54, 1.807) is 48.5 Å². The third-order valence-corrected chi connectivity index (χ3v) is 7.37.